The van der Waals surface area contributed by atoms with E-state index in [1.807, 2.05) is 4.72 Å². The van der Waals surface area contributed by atoms with Crippen LogP contribution in [0.15, 0.2) is 69.0 Å². The number of carbonyl (C=O) groups is 1. The van der Waals surface area contributed by atoms with E-state index in [-0.39, 0.29) is 49.9 Å². The predicted molar refractivity (Wildman–Crippen MR) is 137 cm³/mol. The molecule has 0 saturated carbocycles. The molecule has 0 bridgehead atoms. The number of rotatable bonds is 6. The number of nitrogens with zero attached hydrogens (tertiary/aromatic N) is 3. The number of urea groups is 1. The highest BCUT2D eigenvalue weighted by atomic mass is 32.2. The molecule has 39 heavy (non-hydrogen) atoms. The summed E-state index contributed by atoms with van der Waals surface area (Å²) in [5.41, 5.74) is 0.866. The van der Waals surface area contributed by atoms with Crippen LogP contribution in [0.1, 0.15) is 16.7 Å². The van der Waals surface area contributed by atoms with Gasteiger partial charge in [-0.05, 0) is 48.4 Å². The van der Waals surface area contributed by atoms with E-state index in [1.54, 1.807) is 31.2 Å². The van der Waals surface area contributed by atoms with Crippen LogP contribution in [-0.4, -0.2) is 55.6 Å². The van der Waals surface area contributed by atoms with E-state index in [9.17, 15) is 22.4 Å². The Bertz CT molecular complexity index is 1710. The van der Waals surface area contributed by atoms with Crippen molar-refractivity contribution in [3.8, 4) is 11.8 Å². The summed E-state index contributed by atoms with van der Waals surface area (Å²) in [4.78, 5) is 33.9. The van der Waals surface area contributed by atoms with Gasteiger partial charge >= 0.3 is 17.7 Å². The average molecular weight is 555 g/mol. The molecule has 202 valence electrons. The second-order valence-corrected chi connectivity index (χ2v) is 10.4. The lowest BCUT2D eigenvalue weighted by Gasteiger charge is -2.26. The first-order valence-corrected chi connectivity index (χ1v) is 13.4. The molecule has 1 saturated heterocycles. The second-order valence-electron chi connectivity index (χ2n) is 8.74. The van der Waals surface area contributed by atoms with Gasteiger partial charge < -0.3 is 18.8 Å². The molecule has 2 amide bonds. The highest BCUT2D eigenvalue weighted by Crippen LogP contribution is 2.27. The van der Waals surface area contributed by atoms with E-state index >= 15 is 0 Å². The summed E-state index contributed by atoms with van der Waals surface area (Å²) in [5.74, 6) is -0.658. The number of amides is 2. The Morgan fingerprint density at radius 3 is 2.62 bits per heavy atom. The quantitative estimate of drug-likeness (QED) is 0.356. The molecular weight excluding hydrogens is 531 g/mol. The topological polar surface area (TPSA) is 141 Å². The summed E-state index contributed by atoms with van der Waals surface area (Å²) in [5, 5.41) is 0.638. The molecular formula is C26H23FN4O7S. The lowest BCUT2D eigenvalue weighted by atomic mass is 9.99. The first-order chi connectivity index (χ1) is 18.7. The zero-order valence-electron chi connectivity index (χ0n) is 20.7. The molecule has 13 heteroatoms. The third-order valence-corrected chi connectivity index (χ3v) is 7.53. The molecule has 2 aromatic heterocycles. The summed E-state index contributed by atoms with van der Waals surface area (Å²) in [6, 6.07) is 9.32. The maximum Gasteiger partial charge on any atom is 0.340 e. The van der Waals surface area contributed by atoms with E-state index in [4.69, 9.17) is 13.9 Å². The third kappa shape index (κ3) is 5.73. The maximum atomic E-state index is 14.6. The summed E-state index contributed by atoms with van der Waals surface area (Å²) in [6.07, 6.45) is 3.04. The van der Waals surface area contributed by atoms with Gasteiger partial charge in [0.05, 0.1) is 13.2 Å². The number of aromatic nitrogens is 2. The van der Waals surface area contributed by atoms with Crippen LogP contribution >= 0.6 is 0 Å². The molecule has 4 aromatic rings. The van der Waals surface area contributed by atoms with Gasteiger partial charge in [-0.1, -0.05) is 6.07 Å². The summed E-state index contributed by atoms with van der Waals surface area (Å²) >= 11 is 0. The van der Waals surface area contributed by atoms with E-state index in [2.05, 4.69) is 9.97 Å². The number of nitrogens with one attached hydrogen (secondary N) is 1. The van der Waals surface area contributed by atoms with Crippen molar-refractivity contribution in [1.82, 2.24) is 19.6 Å². The van der Waals surface area contributed by atoms with Crippen molar-refractivity contribution in [2.24, 2.45) is 0 Å². The van der Waals surface area contributed by atoms with Gasteiger partial charge in [-0.3, -0.25) is 0 Å². The van der Waals surface area contributed by atoms with E-state index < -0.39 is 32.4 Å². The van der Waals surface area contributed by atoms with Crippen LogP contribution in [0.2, 0.25) is 0 Å². The molecule has 0 spiro atoms. The standard InChI is InChI=1S/C26H23FN4O7S/c1-16-19-5-4-18(37-25-28-7-2-8-29-25)15-22(19)38-24(32)20(16)13-17-3-6-21(27)23(14-17)39(34,35)30-26(33)31-9-11-36-12-10-31/h2-8,14-15H,9-13H2,1H3,(H,30,33). The first kappa shape index (κ1) is 26.3. The summed E-state index contributed by atoms with van der Waals surface area (Å²) in [6.45, 7) is 2.73. The molecule has 0 aliphatic carbocycles. The number of aryl methyl sites for hydroxylation is 1. The number of morpholine rings is 1. The van der Waals surface area contributed by atoms with Gasteiger partial charge in [0.2, 0.25) is 0 Å². The van der Waals surface area contributed by atoms with Crippen molar-refractivity contribution in [2.45, 2.75) is 18.2 Å². The van der Waals surface area contributed by atoms with Crippen molar-refractivity contribution in [3.63, 3.8) is 0 Å². The Kier molecular flexibility index (Phi) is 7.26. The van der Waals surface area contributed by atoms with Gasteiger partial charge in [-0.15, -0.1) is 0 Å². The van der Waals surface area contributed by atoms with Gasteiger partial charge in [0.1, 0.15) is 22.0 Å². The second kappa shape index (κ2) is 10.8. The Morgan fingerprint density at radius 2 is 1.87 bits per heavy atom. The van der Waals surface area contributed by atoms with Crippen molar-refractivity contribution in [2.75, 3.05) is 26.3 Å². The van der Waals surface area contributed by atoms with Gasteiger partial charge in [0.25, 0.3) is 10.0 Å². The minimum absolute atomic E-state index is 0.0274. The first-order valence-electron chi connectivity index (χ1n) is 11.9. The van der Waals surface area contributed by atoms with Crippen LogP contribution in [0.5, 0.6) is 11.8 Å². The number of carbonyl (C=O) groups excluding carboxylic acids is 1. The number of hydrogen-bond donors (Lipinski definition) is 1. The fourth-order valence-electron chi connectivity index (χ4n) is 4.15. The van der Waals surface area contributed by atoms with Crippen LogP contribution in [0.4, 0.5) is 9.18 Å². The van der Waals surface area contributed by atoms with Crippen LogP contribution in [-0.2, 0) is 21.2 Å². The molecule has 0 radical (unpaired) electrons. The van der Waals surface area contributed by atoms with E-state index in [0.29, 0.717) is 22.3 Å². The lowest BCUT2D eigenvalue weighted by molar-refractivity contribution is 0.0545. The maximum absolute atomic E-state index is 14.6. The van der Waals surface area contributed by atoms with Gasteiger partial charge in [0, 0.05) is 48.9 Å². The Balaban J connectivity index is 1.40. The van der Waals surface area contributed by atoms with Crippen LogP contribution in [0.3, 0.4) is 0 Å². The Hall–Kier alpha value is -4.36. The third-order valence-electron chi connectivity index (χ3n) is 6.20. The number of ether oxygens (including phenoxy) is 2. The Labute approximate surface area is 222 Å². The molecule has 0 atom stereocenters. The van der Waals surface area contributed by atoms with Crippen molar-refractivity contribution < 1.29 is 31.5 Å². The smallest absolute Gasteiger partial charge is 0.340 e. The van der Waals surface area contributed by atoms with Gasteiger partial charge in [-0.2, -0.15) is 0 Å². The number of hydrogen-bond acceptors (Lipinski definition) is 9. The number of fused-ring (bicyclic) bond motifs is 1. The normalized spacial score (nSPS) is 13.8. The van der Waals surface area contributed by atoms with Crippen LogP contribution in [0, 0.1) is 12.7 Å². The number of halogens is 1. The Morgan fingerprint density at radius 1 is 1.13 bits per heavy atom. The SMILES string of the molecule is Cc1c(Cc2ccc(F)c(S(=O)(=O)NC(=O)N3CCOCC3)c2)c(=O)oc2cc(Oc3ncccn3)ccc12. The fourth-order valence-corrected chi connectivity index (χ4v) is 5.25. The zero-order chi connectivity index (χ0) is 27.6. The largest absolute Gasteiger partial charge is 0.424 e. The lowest BCUT2D eigenvalue weighted by Crippen LogP contribution is -2.47. The monoisotopic (exact) mass is 554 g/mol. The minimum Gasteiger partial charge on any atom is -0.424 e. The molecule has 3 heterocycles. The summed E-state index contributed by atoms with van der Waals surface area (Å²) in [7, 11) is -4.52. The van der Waals surface area contributed by atoms with Gasteiger partial charge in [0.15, 0.2) is 0 Å². The summed E-state index contributed by atoms with van der Waals surface area (Å²) < 4.78 is 58.5. The highest BCUT2D eigenvalue weighted by Gasteiger charge is 2.26. The van der Waals surface area contributed by atoms with Crippen molar-refractivity contribution in [1.29, 1.82) is 0 Å². The van der Waals surface area contributed by atoms with Crippen LogP contribution in [0.25, 0.3) is 11.0 Å². The molecule has 2 aromatic carbocycles. The molecule has 1 aliphatic rings. The molecule has 11 nitrogen and oxygen atoms in total. The highest BCUT2D eigenvalue weighted by molar-refractivity contribution is 7.90. The predicted octanol–water partition coefficient (Wildman–Crippen LogP) is 3.14. The van der Waals surface area contributed by atoms with Gasteiger partial charge in [-0.25, -0.2) is 37.1 Å². The van der Waals surface area contributed by atoms with E-state index in [0.717, 1.165) is 12.1 Å². The van der Waals surface area contributed by atoms with Crippen LogP contribution < -0.4 is 15.1 Å². The average Bonchev–Trinajstić information content (AvgIpc) is 2.92. The molecule has 1 fully saturated rings. The van der Waals surface area contributed by atoms with Crippen molar-refractivity contribution in [3.05, 3.63) is 87.8 Å². The molecule has 0 unspecified atom stereocenters. The van der Waals surface area contributed by atoms with E-state index in [1.165, 1.54) is 23.4 Å². The zero-order valence-corrected chi connectivity index (χ0v) is 21.5. The molecule has 1 N–H and O–H groups in total. The van der Waals surface area contributed by atoms with Crippen molar-refractivity contribution >= 4 is 27.0 Å². The minimum atomic E-state index is -4.52. The number of sulfonamides is 1. The number of benzene rings is 2. The molecule has 5 rings (SSSR count). The molecule has 1 aliphatic heterocycles. The fraction of sp³-hybridized carbons (Fsp3) is 0.231.